The van der Waals surface area contributed by atoms with Crippen LogP contribution in [-0.4, -0.2) is 64.6 Å². The van der Waals surface area contributed by atoms with E-state index in [2.05, 4.69) is 22.0 Å². The molecule has 31 heavy (non-hydrogen) atoms. The van der Waals surface area contributed by atoms with Gasteiger partial charge in [0.15, 0.2) is 0 Å². The minimum atomic E-state index is -0.0508. The van der Waals surface area contributed by atoms with Gasteiger partial charge in [0.25, 0.3) is 5.56 Å². The second kappa shape index (κ2) is 9.25. The minimum Gasteiger partial charge on any atom is -0.381 e. The number of fused-ring (bicyclic) bond motifs is 1. The van der Waals surface area contributed by atoms with Crippen molar-refractivity contribution >= 4 is 5.91 Å². The van der Waals surface area contributed by atoms with E-state index in [1.54, 1.807) is 0 Å². The number of likely N-dealkylation sites (tertiary alicyclic amines) is 1. The van der Waals surface area contributed by atoms with Gasteiger partial charge in [0.1, 0.15) is 5.82 Å². The number of allylic oxidation sites excluding steroid dienone is 2. The van der Waals surface area contributed by atoms with Crippen LogP contribution in [0.25, 0.3) is 0 Å². The summed E-state index contributed by atoms with van der Waals surface area (Å²) in [6, 6.07) is 0.647. The van der Waals surface area contributed by atoms with E-state index in [4.69, 9.17) is 9.72 Å². The van der Waals surface area contributed by atoms with Gasteiger partial charge in [0.05, 0.1) is 17.8 Å². The van der Waals surface area contributed by atoms with Gasteiger partial charge in [-0.1, -0.05) is 12.2 Å². The predicted molar refractivity (Wildman–Crippen MR) is 118 cm³/mol. The molecule has 0 bridgehead atoms. The van der Waals surface area contributed by atoms with Crippen LogP contribution < -0.4 is 5.56 Å². The number of ether oxygens (including phenoxy) is 1. The molecule has 1 aromatic rings. The van der Waals surface area contributed by atoms with Crippen LogP contribution in [0.2, 0.25) is 0 Å². The molecule has 3 aliphatic heterocycles. The van der Waals surface area contributed by atoms with Gasteiger partial charge in [0.2, 0.25) is 5.91 Å². The second-order valence-corrected chi connectivity index (χ2v) is 9.57. The smallest absolute Gasteiger partial charge is 0.256 e. The van der Waals surface area contributed by atoms with Gasteiger partial charge >= 0.3 is 0 Å². The highest BCUT2D eigenvalue weighted by Gasteiger charge is 2.30. The monoisotopic (exact) mass is 426 g/mol. The van der Waals surface area contributed by atoms with Crippen molar-refractivity contribution in [2.45, 2.75) is 69.9 Å². The van der Waals surface area contributed by atoms with Crippen molar-refractivity contribution in [2.24, 2.45) is 5.92 Å². The zero-order valence-electron chi connectivity index (χ0n) is 18.4. The van der Waals surface area contributed by atoms with Crippen molar-refractivity contribution < 1.29 is 9.53 Å². The lowest BCUT2D eigenvalue weighted by Gasteiger charge is -2.39. The average molecular weight is 427 g/mol. The lowest BCUT2D eigenvalue weighted by Crippen LogP contribution is -2.44. The van der Waals surface area contributed by atoms with E-state index >= 15 is 0 Å². The molecule has 1 unspecified atom stereocenters. The number of piperidine rings is 1. The summed E-state index contributed by atoms with van der Waals surface area (Å²) in [5.74, 6) is 1.69. The van der Waals surface area contributed by atoms with Gasteiger partial charge in [-0.15, -0.1) is 0 Å². The molecule has 4 heterocycles. The van der Waals surface area contributed by atoms with Crippen molar-refractivity contribution in [1.82, 2.24) is 19.8 Å². The van der Waals surface area contributed by atoms with Crippen LogP contribution in [0.5, 0.6) is 0 Å². The molecule has 0 saturated carbocycles. The van der Waals surface area contributed by atoms with Gasteiger partial charge < -0.3 is 19.5 Å². The number of carbonyl (C=O) groups is 1. The minimum absolute atomic E-state index is 0.0508. The number of aromatic amines is 1. The van der Waals surface area contributed by atoms with Gasteiger partial charge in [-0.25, -0.2) is 4.98 Å². The standard InChI is InChI=1S/C24H34N4O3/c29-22(15-17-3-1-2-4-17)28-12-7-21-20(16-28)24(30)26-23(25-21)18-5-10-27(11-6-18)19-8-13-31-14-9-19/h1,3,17-19H,2,4-16H2,(H,25,26,30). The molecule has 4 aliphatic rings. The highest BCUT2D eigenvalue weighted by molar-refractivity contribution is 5.77. The number of nitrogens with one attached hydrogen (secondary N) is 1. The number of hydrogen-bond acceptors (Lipinski definition) is 5. The maximum absolute atomic E-state index is 12.9. The van der Waals surface area contributed by atoms with Gasteiger partial charge in [0, 0.05) is 44.6 Å². The highest BCUT2D eigenvalue weighted by Crippen LogP contribution is 2.29. The number of hydrogen-bond donors (Lipinski definition) is 1. The largest absolute Gasteiger partial charge is 0.381 e. The van der Waals surface area contributed by atoms with Gasteiger partial charge in [-0.2, -0.15) is 0 Å². The molecule has 5 rings (SSSR count). The summed E-state index contributed by atoms with van der Waals surface area (Å²) in [4.78, 5) is 38.0. The average Bonchev–Trinajstić information content (AvgIpc) is 3.32. The first-order valence-electron chi connectivity index (χ1n) is 12.1. The first-order valence-corrected chi connectivity index (χ1v) is 12.1. The van der Waals surface area contributed by atoms with Crippen molar-refractivity contribution in [1.29, 1.82) is 0 Å². The molecular formula is C24H34N4O3. The summed E-state index contributed by atoms with van der Waals surface area (Å²) in [6.45, 7) is 4.94. The third kappa shape index (κ3) is 4.62. The summed E-state index contributed by atoms with van der Waals surface area (Å²) in [5.41, 5.74) is 1.53. The van der Waals surface area contributed by atoms with Crippen LogP contribution in [0.4, 0.5) is 0 Å². The van der Waals surface area contributed by atoms with E-state index in [0.29, 0.717) is 49.4 Å². The number of nitrogens with zero attached hydrogens (tertiary/aromatic N) is 3. The molecule has 1 aromatic heterocycles. The van der Waals surface area contributed by atoms with E-state index in [1.807, 2.05) is 4.90 Å². The Kier molecular flexibility index (Phi) is 6.23. The lowest BCUT2D eigenvalue weighted by atomic mass is 9.93. The molecule has 2 saturated heterocycles. The number of H-pyrrole nitrogens is 1. The summed E-state index contributed by atoms with van der Waals surface area (Å²) >= 11 is 0. The number of aromatic nitrogens is 2. The topological polar surface area (TPSA) is 78.5 Å². The number of amides is 1. The zero-order chi connectivity index (χ0) is 21.2. The SMILES string of the molecule is O=C(CC1C=CCC1)N1CCc2nc(C3CCN(C4CCOCC4)CC3)[nH]c(=O)c2C1. The fourth-order valence-electron chi connectivity index (χ4n) is 5.66. The lowest BCUT2D eigenvalue weighted by molar-refractivity contribution is -0.132. The van der Waals surface area contributed by atoms with Crippen molar-refractivity contribution in [2.75, 3.05) is 32.8 Å². The summed E-state index contributed by atoms with van der Waals surface area (Å²) in [6.07, 6.45) is 12.0. The van der Waals surface area contributed by atoms with E-state index < -0.39 is 0 Å². The molecule has 2 fully saturated rings. The summed E-state index contributed by atoms with van der Waals surface area (Å²) < 4.78 is 5.50. The Labute approximate surface area is 183 Å². The van der Waals surface area contributed by atoms with Crippen molar-refractivity contribution in [3.8, 4) is 0 Å². The van der Waals surface area contributed by atoms with Gasteiger partial charge in [-0.05, 0) is 57.5 Å². The fraction of sp³-hybridized carbons (Fsp3) is 0.708. The van der Waals surface area contributed by atoms with Crippen LogP contribution in [-0.2, 0) is 22.5 Å². The Morgan fingerprint density at radius 3 is 2.68 bits per heavy atom. The molecule has 1 aliphatic carbocycles. The van der Waals surface area contributed by atoms with Gasteiger partial charge in [-0.3, -0.25) is 9.59 Å². The molecule has 168 valence electrons. The predicted octanol–water partition coefficient (Wildman–Crippen LogP) is 2.37. The Morgan fingerprint density at radius 1 is 1.13 bits per heavy atom. The third-order valence-electron chi connectivity index (χ3n) is 7.61. The van der Waals surface area contributed by atoms with Crippen LogP contribution in [0.1, 0.15) is 67.9 Å². The third-order valence-corrected chi connectivity index (χ3v) is 7.61. The first-order chi connectivity index (χ1) is 15.2. The second-order valence-electron chi connectivity index (χ2n) is 9.57. The Morgan fingerprint density at radius 2 is 1.94 bits per heavy atom. The van der Waals surface area contributed by atoms with Crippen LogP contribution in [0.3, 0.4) is 0 Å². The number of carbonyl (C=O) groups excluding carboxylic acids is 1. The van der Waals surface area contributed by atoms with E-state index in [-0.39, 0.29) is 11.5 Å². The molecule has 0 spiro atoms. The molecule has 1 atom stereocenters. The molecule has 7 heteroatoms. The fourth-order valence-corrected chi connectivity index (χ4v) is 5.66. The maximum Gasteiger partial charge on any atom is 0.256 e. The Hall–Kier alpha value is -1.99. The molecule has 0 aromatic carbocycles. The Balaban J connectivity index is 1.21. The van der Waals surface area contributed by atoms with E-state index in [1.165, 1.54) is 0 Å². The first kappa shape index (κ1) is 20.9. The summed E-state index contributed by atoms with van der Waals surface area (Å²) in [7, 11) is 0. The molecule has 0 radical (unpaired) electrons. The van der Waals surface area contributed by atoms with E-state index in [0.717, 1.165) is 76.3 Å². The van der Waals surface area contributed by atoms with Crippen molar-refractivity contribution in [3.63, 3.8) is 0 Å². The van der Waals surface area contributed by atoms with Crippen LogP contribution >= 0.6 is 0 Å². The number of rotatable bonds is 4. The molecule has 7 nitrogen and oxygen atoms in total. The Bertz CT molecular complexity index is 881. The molecular weight excluding hydrogens is 392 g/mol. The maximum atomic E-state index is 12.9. The highest BCUT2D eigenvalue weighted by atomic mass is 16.5. The van der Waals surface area contributed by atoms with Crippen LogP contribution in [0, 0.1) is 5.92 Å². The molecule has 1 amide bonds. The quantitative estimate of drug-likeness (QED) is 0.748. The molecule has 1 N–H and O–H groups in total. The normalized spacial score (nSPS) is 25.7. The van der Waals surface area contributed by atoms with Crippen LogP contribution in [0.15, 0.2) is 16.9 Å². The zero-order valence-corrected chi connectivity index (χ0v) is 18.4. The van der Waals surface area contributed by atoms with Crippen molar-refractivity contribution in [3.05, 3.63) is 39.6 Å². The van der Waals surface area contributed by atoms with E-state index in [9.17, 15) is 9.59 Å². The summed E-state index contributed by atoms with van der Waals surface area (Å²) in [5, 5.41) is 0.